The summed E-state index contributed by atoms with van der Waals surface area (Å²) in [4.78, 5) is 27.9. The molecule has 1 amide bonds. The Morgan fingerprint density at radius 2 is 1.88 bits per heavy atom. The third kappa shape index (κ3) is 4.63. The number of amides is 1. The van der Waals surface area contributed by atoms with Crippen LogP contribution in [0.3, 0.4) is 0 Å². The summed E-state index contributed by atoms with van der Waals surface area (Å²) in [5.74, 6) is 1.72. The fourth-order valence-electron chi connectivity index (χ4n) is 3.84. The van der Waals surface area contributed by atoms with Crippen molar-refractivity contribution in [3.05, 3.63) is 12.3 Å². The van der Waals surface area contributed by atoms with Crippen molar-refractivity contribution in [2.24, 2.45) is 5.92 Å². The average Bonchev–Trinajstić information content (AvgIpc) is 2.68. The number of ether oxygens (including phenoxy) is 1. The van der Waals surface area contributed by atoms with E-state index in [1.807, 2.05) is 6.07 Å². The minimum Gasteiger partial charge on any atom is -0.467 e. The molecule has 0 spiro atoms. The molecule has 7 nitrogen and oxygen atoms in total. The van der Waals surface area contributed by atoms with Crippen LogP contribution < -0.4 is 9.64 Å². The van der Waals surface area contributed by atoms with E-state index in [1.165, 1.54) is 0 Å². The predicted octanol–water partition coefficient (Wildman–Crippen LogP) is 1.64. The third-order valence-corrected chi connectivity index (χ3v) is 5.60. The number of hydrogen-bond donors (Lipinski definition) is 0. The van der Waals surface area contributed by atoms with E-state index in [0.717, 1.165) is 57.9 Å². The second kappa shape index (κ2) is 8.66. The summed E-state index contributed by atoms with van der Waals surface area (Å²) in [7, 11) is 1.58. The molecule has 7 heteroatoms. The van der Waals surface area contributed by atoms with Crippen molar-refractivity contribution in [2.75, 3.05) is 51.3 Å². The molecule has 2 saturated heterocycles. The summed E-state index contributed by atoms with van der Waals surface area (Å²) in [6, 6.07) is 2.89. The van der Waals surface area contributed by atoms with Gasteiger partial charge in [-0.2, -0.15) is 4.98 Å². The highest BCUT2D eigenvalue weighted by atomic mass is 16.5. The van der Waals surface area contributed by atoms with Crippen molar-refractivity contribution in [1.29, 1.82) is 0 Å². The Morgan fingerprint density at radius 3 is 2.50 bits per heavy atom. The number of piperidine rings is 1. The number of anilines is 1. The fourth-order valence-corrected chi connectivity index (χ4v) is 3.84. The molecule has 0 bridgehead atoms. The van der Waals surface area contributed by atoms with Gasteiger partial charge in [-0.15, -0.1) is 0 Å². The standard InChI is InChI=1S/C19H31N5O2/c1-15(2)22-10-12-24(13-11-22)18(25)14-16-5-8-23(9-6-16)17-4-7-20-19(21-17)26-3/h4,7,15-16H,5-6,8-14H2,1-3H3. The lowest BCUT2D eigenvalue weighted by Crippen LogP contribution is -2.51. The van der Waals surface area contributed by atoms with Gasteiger partial charge in [0.2, 0.25) is 5.91 Å². The molecule has 2 aliphatic heterocycles. The van der Waals surface area contributed by atoms with E-state index in [9.17, 15) is 4.79 Å². The van der Waals surface area contributed by atoms with Gasteiger partial charge < -0.3 is 14.5 Å². The SMILES string of the molecule is COc1nccc(N2CCC(CC(=O)N3CCN(C(C)C)CC3)CC2)n1. The second-order valence-electron chi connectivity index (χ2n) is 7.55. The normalized spacial score (nSPS) is 19.8. The number of aromatic nitrogens is 2. The number of methoxy groups -OCH3 is 1. The molecule has 26 heavy (non-hydrogen) atoms. The van der Waals surface area contributed by atoms with Crippen molar-refractivity contribution in [3.8, 4) is 6.01 Å². The summed E-state index contributed by atoms with van der Waals surface area (Å²) in [5, 5.41) is 0. The largest absolute Gasteiger partial charge is 0.467 e. The molecule has 1 aromatic heterocycles. The quantitative estimate of drug-likeness (QED) is 0.795. The van der Waals surface area contributed by atoms with Crippen LogP contribution in [-0.2, 0) is 4.79 Å². The summed E-state index contributed by atoms with van der Waals surface area (Å²) < 4.78 is 5.11. The molecular formula is C19H31N5O2. The van der Waals surface area contributed by atoms with Gasteiger partial charge in [-0.05, 0) is 38.7 Å². The van der Waals surface area contributed by atoms with Crippen LogP contribution in [0.15, 0.2) is 12.3 Å². The topological polar surface area (TPSA) is 61.8 Å². The van der Waals surface area contributed by atoms with Gasteiger partial charge in [-0.3, -0.25) is 9.69 Å². The molecule has 0 aromatic carbocycles. The maximum absolute atomic E-state index is 12.6. The van der Waals surface area contributed by atoms with Gasteiger partial charge in [0.1, 0.15) is 5.82 Å². The highest BCUT2D eigenvalue weighted by molar-refractivity contribution is 5.76. The van der Waals surface area contributed by atoms with Crippen LogP contribution in [0.4, 0.5) is 5.82 Å². The smallest absolute Gasteiger partial charge is 0.318 e. The van der Waals surface area contributed by atoms with E-state index in [2.05, 4.69) is 38.5 Å². The second-order valence-corrected chi connectivity index (χ2v) is 7.55. The first-order valence-electron chi connectivity index (χ1n) is 9.70. The van der Waals surface area contributed by atoms with Crippen molar-refractivity contribution in [1.82, 2.24) is 19.8 Å². The first-order chi connectivity index (χ1) is 12.6. The maximum Gasteiger partial charge on any atom is 0.318 e. The molecule has 144 valence electrons. The Labute approximate surface area is 156 Å². The number of nitrogens with zero attached hydrogens (tertiary/aromatic N) is 5. The molecule has 1 aromatic rings. The Bertz CT molecular complexity index is 593. The van der Waals surface area contributed by atoms with Crippen molar-refractivity contribution < 1.29 is 9.53 Å². The molecule has 2 aliphatic rings. The number of carbonyl (C=O) groups excluding carboxylic acids is 1. The highest BCUT2D eigenvalue weighted by Crippen LogP contribution is 2.25. The molecule has 0 unspecified atom stereocenters. The lowest BCUT2D eigenvalue weighted by atomic mass is 9.93. The zero-order valence-corrected chi connectivity index (χ0v) is 16.2. The van der Waals surface area contributed by atoms with E-state index in [0.29, 0.717) is 30.3 Å². The van der Waals surface area contributed by atoms with Crippen LogP contribution in [0.2, 0.25) is 0 Å². The number of rotatable bonds is 5. The molecule has 0 aliphatic carbocycles. The lowest BCUT2D eigenvalue weighted by Gasteiger charge is -2.38. The van der Waals surface area contributed by atoms with E-state index in [-0.39, 0.29) is 0 Å². The van der Waals surface area contributed by atoms with Gasteiger partial charge in [0.15, 0.2) is 0 Å². The Hall–Kier alpha value is -1.89. The van der Waals surface area contributed by atoms with Crippen molar-refractivity contribution in [3.63, 3.8) is 0 Å². The van der Waals surface area contributed by atoms with Gasteiger partial charge in [-0.25, -0.2) is 4.98 Å². The summed E-state index contributed by atoms with van der Waals surface area (Å²) in [5.41, 5.74) is 0. The Morgan fingerprint density at radius 1 is 1.19 bits per heavy atom. The fraction of sp³-hybridized carbons (Fsp3) is 0.737. The molecule has 0 atom stereocenters. The van der Waals surface area contributed by atoms with Crippen LogP contribution in [0.1, 0.15) is 33.1 Å². The van der Waals surface area contributed by atoms with Gasteiger partial charge >= 0.3 is 6.01 Å². The van der Waals surface area contributed by atoms with Crippen molar-refractivity contribution in [2.45, 2.75) is 39.2 Å². The monoisotopic (exact) mass is 361 g/mol. The Balaban J connectivity index is 1.44. The zero-order chi connectivity index (χ0) is 18.5. The van der Waals surface area contributed by atoms with Crippen molar-refractivity contribution >= 4 is 11.7 Å². The zero-order valence-electron chi connectivity index (χ0n) is 16.2. The Kier molecular flexibility index (Phi) is 6.29. The predicted molar refractivity (Wildman–Crippen MR) is 101 cm³/mol. The van der Waals surface area contributed by atoms with Crippen LogP contribution in [0, 0.1) is 5.92 Å². The molecule has 0 saturated carbocycles. The molecule has 0 N–H and O–H groups in total. The maximum atomic E-state index is 12.6. The summed E-state index contributed by atoms with van der Waals surface area (Å²) >= 11 is 0. The highest BCUT2D eigenvalue weighted by Gasteiger charge is 2.27. The minimum absolute atomic E-state index is 0.329. The lowest BCUT2D eigenvalue weighted by molar-refractivity contribution is -0.134. The minimum atomic E-state index is 0.329. The van der Waals surface area contributed by atoms with E-state index in [4.69, 9.17) is 4.74 Å². The third-order valence-electron chi connectivity index (χ3n) is 5.60. The van der Waals surface area contributed by atoms with Crippen LogP contribution >= 0.6 is 0 Å². The number of hydrogen-bond acceptors (Lipinski definition) is 6. The molecule has 3 heterocycles. The van der Waals surface area contributed by atoms with Gasteiger partial charge in [0.05, 0.1) is 7.11 Å². The molecular weight excluding hydrogens is 330 g/mol. The van der Waals surface area contributed by atoms with Gasteiger partial charge in [-0.1, -0.05) is 0 Å². The summed E-state index contributed by atoms with van der Waals surface area (Å²) in [6.45, 7) is 10.0. The number of piperazine rings is 1. The first-order valence-corrected chi connectivity index (χ1v) is 9.70. The number of carbonyl (C=O) groups is 1. The molecule has 3 rings (SSSR count). The van der Waals surface area contributed by atoms with E-state index < -0.39 is 0 Å². The van der Waals surface area contributed by atoms with E-state index >= 15 is 0 Å². The average molecular weight is 361 g/mol. The van der Waals surface area contributed by atoms with Gasteiger partial charge in [0, 0.05) is 57.9 Å². The van der Waals surface area contributed by atoms with Gasteiger partial charge in [0.25, 0.3) is 0 Å². The van der Waals surface area contributed by atoms with Crippen LogP contribution in [0.25, 0.3) is 0 Å². The molecule has 0 radical (unpaired) electrons. The summed E-state index contributed by atoms with van der Waals surface area (Å²) in [6.07, 6.45) is 4.48. The van der Waals surface area contributed by atoms with Crippen LogP contribution in [-0.4, -0.2) is 78.1 Å². The van der Waals surface area contributed by atoms with E-state index in [1.54, 1.807) is 13.3 Å². The molecule has 2 fully saturated rings. The van der Waals surface area contributed by atoms with Crippen LogP contribution in [0.5, 0.6) is 6.01 Å². The first kappa shape index (κ1) is 18.9.